The van der Waals surface area contributed by atoms with Crippen molar-refractivity contribution in [1.29, 1.82) is 5.26 Å². The molecule has 1 aromatic heterocycles. The van der Waals surface area contributed by atoms with Crippen LogP contribution in [-0.4, -0.2) is 28.3 Å². The van der Waals surface area contributed by atoms with Crippen molar-refractivity contribution in [2.75, 3.05) is 13.2 Å². The minimum atomic E-state index is -0.915. The molecule has 2 heterocycles. The molecule has 1 fully saturated rings. The number of aryl methyl sites for hydroxylation is 1. The maximum atomic E-state index is 10.2. The molecule has 0 saturated carbocycles. The van der Waals surface area contributed by atoms with E-state index in [1.54, 1.807) is 19.2 Å². The van der Waals surface area contributed by atoms with Crippen LogP contribution in [0.4, 0.5) is 0 Å². The summed E-state index contributed by atoms with van der Waals surface area (Å²) in [5, 5.41) is 19.4. The molecule has 2 atom stereocenters. The van der Waals surface area contributed by atoms with E-state index in [0.29, 0.717) is 24.5 Å². The first-order valence-electron chi connectivity index (χ1n) is 5.14. The molecule has 5 heteroatoms. The van der Waals surface area contributed by atoms with E-state index in [-0.39, 0.29) is 6.61 Å². The summed E-state index contributed by atoms with van der Waals surface area (Å²) in [4.78, 5) is 8.10. The Morgan fingerprint density at radius 3 is 3.06 bits per heavy atom. The zero-order chi connectivity index (χ0) is 11.6. The Morgan fingerprint density at radius 1 is 1.69 bits per heavy atom. The predicted molar refractivity (Wildman–Crippen MR) is 55.2 cm³/mol. The lowest BCUT2D eigenvalue weighted by Gasteiger charge is -2.24. The van der Waals surface area contributed by atoms with E-state index >= 15 is 0 Å². The van der Waals surface area contributed by atoms with Crippen molar-refractivity contribution in [1.82, 2.24) is 9.97 Å². The van der Waals surface area contributed by atoms with Gasteiger partial charge in [0.25, 0.3) is 0 Å². The van der Waals surface area contributed by atoms with Crippen LogP contribution in [0.25, 0.3) is 0 Å². The highest BCUT2D eigenvalue weighted by atomic mass is 16.5. The van der Waals surface area contributed by atoms with E-state index < -0.39 is 11.5 Å². The van der Waals surface area contributed by atoms with Crippen molar-refractivity contribution in [3.63, 3.8) is 0 Å². The van der Waals surface area contributed by atoms with E-state index in [4.69, 9.17) is 4.74 Å². The third kappa shape index (κ3) is 1.77. The third-order valence-electron chi connectivity index (χ3n) is 2.88. The summed E-state index contributed by atoms with van der Waals surface area (Å²) in [7, 11) is 0. The summed E-state index contributed by atoms with van der Waals surface area (Å²) in [5.41, 5.74) is -0.375. The molecular formula is C11H13N3O2. The monoisotopic (exact) mass is 219 g/mol. The Morgan fingerprint density at radius 2 is 2.50 bits per heavy atom. The second kappa shape index (κ2) is 4.16. The first kappa shape index (κ1) is 11.0. The minimum Gasteiger partial charge on any atom is -0.385 e. The molecule has 0 bridgehead atoms. The van der Waals surface area contributed by atoms with E-state index in [9.17, 15) is 10.4 Å². The number of aliphatic hydroxyl groups is 1. The summed E-state index contributed by atoms with van der Waals surface area (Å²) in [5.74, 6) is 0.587. The van der Waals surface area contributed by atoms with Crippen molar-refractivity contribution in [3.8, 4) is 6.07 Å². The van der Waals surface area contributed by atoms with E-state index in [0.717, 1.165) is 0 Å². The first-order valence-corrected chi connectivity index (χ1v) is 5.14. The summed E-state index contributed by atoms with van der Waals surface area (Å²) < 4.78 is 5.20. The smallest absolute Gasteiger partial charge is 0.125 e. The summed E-state index contributed by atoms with van der Waals surface area (Å²) in [6.45, 7) is 2.52. The lowest BCUT2D eigenvalue weighted by Crippen LogP contribution is -2.28. The number of hydrogen-bond acceptors (Lipinski definition) is 5. The van der Waals surface area contributed by atoms with Crippen LogP contribution in [0.15, 0.2) is 12.3 Å². The molecule has 1 aliphatic rings. The molecule has 1 saturated heterocycles. The fourth-order valence-electron chi connectivity index (χ4n) is 1.86. The van der Waals surface area contributed by atoms with Crippen LogP contribution >= 0.6 is 0 Å². The van der Waals surface area contributed by atoms with Crippen molar-refractivity contribution >= 4 is 0 Å². The fourth-order valence-corrected chi connectivity index (χ4v) is 1.86. The Bertz CT molecular complexity index is 421. The molecule has 1 aromatic rings. The van der Waals surface area contributed by atoms with Crippen LogP contribution in [0.1, 0.15) is 24.0 Å². The van der Waals surface area contributed by atoms with Crippen LogP contribution in [-0.2, 0) is 4.74 Å². The van der Waals surface area contributed by atoms with Crippen molar-refractivity contribution in [2.24, 2.45) is 5.41 Å². The van der Waals surface area contributed by atoms with Crippen LogP contribution < -0.4 is 0 Å². The number of nitriles is 1. The zero-order valence-electron chi connectivity index (χ0n) is 9.05. The number of hydrogen-bond donors (Lipinski definition) is 1. The standard InChI is InChI=1S/C11H13N3O2/c1-8-13-4-2-9(14-8)10(15)11(6-12)3-5-16-7-11/h2,4,10,15H,3,5,7H2,1H3. The van der Waals surface area contributed by atoms with Gasteiger partial charge in [-0.15, -0.1) is 0 Å². The molecule has 1 aliphatic heterocycles. The first-order chi connectivity index (χ1) is 7.68. The van der Waals surface area contributed by atoms with Crippen LogP contribution in [0.2, 0.25) is 0 Å². The van der Waals surface area contributed by atoms with Gasteiger partial charge in [0.1, 0.15) is 17.3 Å². The van der Waals surface area contributed by atoms with E-state index in [1.165, 1.54) is 0 Å². The number of ether oxygens (including phenoxy) is 1. The maximum absolute atomic E-state index is 10.2. The maximum Gasteiger partial charge on any atom is 0.125 e. The number of rotatable bonds is 2. The fraction of sp³-hybridized carbons (Fsp3) is 0.545. The van der Waals surface area contributed by atoms with Gasteiger partial charge in [0.2, 0.25) is 0 Å². The number of aliphatic hydroxyl groups excluding tert-OH is 1. The quantitative estimate of drug-likeness (QED) is 0.794. The normalized spacial score (nSPS) is 26.3. The number of aromatic nitrogens is 2. The Hall–Kier alpha value is -1.51. The van der Waals surface area contributed by atoms with Crippen LogP contribution in [0.5, 0.6) is 0 Å². The minimum absolute atomic E-state index is 0.258. The average molecular weight is 219 g/mol. The predicted octanol–water partition coefficient (Wildman–Crippen LogP) is 0.749. The Labute approximate surface area is 93.7 Å². The van der Waals surface area contributed by atoms with Gasteiger partial charge in [-0.25, -0.2) is 9.97 Å². The SMILES string of the molecule is Cc1nccc(C(O)C2(C#N)CCOC2)n1. The van der Waals surface area contributed by atoms with Gasteiger partial charge in [0.15, 0.2) is 0 Å². The Balaban J connectivity index is 2.31. The molecule has 0 aliphatic carbocycles. The number of nitrogens with zero attached hydrogens (tertiary/aromatic N) is 3. The van der Waals surface area contributed by atoms with Crippen molar-refractivity contribution < 1.29 is 9.84 Å². The van der Waals surface area contributed by atoms with Gasteiger partial charge < -0.3 is 9.84 Å². The highest BCUT2D eigenvalue weighted by molar-refractivity contribution is 5.16. The lowest BCUT2D eigenvalue weighted by atomic mass is 9.81. The van der Waals surface area contributed by atoms with Crippen molar-refractivity contribution in [3.05, 3.63) is 23.8 Å². The highest BCUT2D eigenvalue weighted by Gasteiger charge is 2.43. The summed E-state index contributed by atoms with van der Waals surface area (Å²) in [6.07, 6.45) is 1.21. The molecule has 2 unspecified atom stereocenters. The zero-order valence-corrected chi connectivity index (χ0v) is 9.05. The van der Waals surface area contributed by atoms with Gasteiger partial charge in [-0.1, -0.05) is 0 Å². The largest absolute Gasteiger partial charge is 0.385 e. The second-order valence-corrected chi connectivity index (χ2v) is 4.00. The third-order valence-corrected chi connectivity index (χ3v) is 2.88. The molecule has 84 valence electrons. The van der Waals surface area contributed by atoms with Crippen molar-refractivity contribution in [2.45, 2.75) is 19.4 Å². The van der Waals surface area contributed by atoms with Gasteiger partial charge in [-0.3, -0.25) is 0 Å². The molecule has 16 heavy (non-hydrogen) atoms. The molecule has 0 radical (unpaired) electrons. The molecule has 1 N–H and O–H groups in total. The Kier molecular flexibility index (Phi) is 2.86. The summed E-state index contributed by atoms with van der Waals surface area (Å²) in [6, 6.07) is 3.79. The summed E-state index contributed by atoms with van der Waals surface area (Å²) >= 11 is 0. The molecule has 0 aromatic carbocycles. The molecular weight excluding hydrogens is 206 g/mol. The van der Waals surface area contributed by atoms with E-state index in [2.05, 4.69) is 16.0 Å². The second-order valence-electron chi connectivity index (χ2n) is 4.00. The lowest BCUT2D eigenvalue weighted by molar-refractivity contribution is 0.0471. The van der Waals surface area contributed by atoms with Crippen LogP contribution in [0, 0.1) is 23.7 Å². The molecule has 2 rings (SSSR count). The van der Waals surface area contributed by atoms with Crippen LogP contribution in [0.3, 0.4) is 0 Å². The average Bonchev–Trinajstić information content (AvgIpc) is 2.78. The molecule has 0 amide bonds. The topological polar surface area (TPSA) is 79.0 Å². The molecule has 0 spiro atoms. The van der Waals surface area contributed by atoms with E-state index in [1.807, 2.05) is 0 Å². The van der Waals surface area contributed by atoms with Gasteiger partial charge in [-0.2, -0.15) is 5.26 Å². The van der Waals surface area contributed by atoms with Gasteiger partial charge in [0.05, 0.1) is 18.4 Å². The van der Waals surface area contributed by atoms with Gasteiger partial charge in [-0.05, 0) is 19.4 Å². The highest BCUT2D eigenvalue weighted by Crippen LogP contribution is 2.39. The molecule has 5 nitrogen and oxygen atoms in total. The van der Waals surface area contributed by atoms with Gasteiger partial charge >= 0.3 is 0 Å². The van der Waals surface area contributed by atoms with Gasteiger partial charge in [0, 0.05) is 12.8 Å².